The van der Waals surface area contributed by atoms with Gasteiger partial charge in [-0.2, -0.15) is 24.7 Å². The van der Waals surface area contributed by atoms with Gasteiger partial charge in [0.25, 0.3) is 0 Å². The molecule has 0 aliphatic heterocycles. The SMILES string of the molecule is C[Si-](C)(C)CCOCn1cc2cc(Cl)cc(CO)c2n1. The van der Waals surface area contributed by atoms with Crippen LogP contribution >= 0.6 is 11.6 Å². The molecular formula is C14H21ClN2O2Si-. The fourth-order valence-electron chi connectivity index (χ4n) is 1.94. The van der Waals surface area contributed by atoms with Gasteiger partial charge in [-0.3, -0.25) is 0 Å². The normalized spacial score (nSPS) is 12.2. The van der Waals surface area contributed by atoms with E-state index in [1.807, 2.05) is 12.3 Å². The summed E-state index contributed by atoms with van der Waals surface area (Å²) in [5.74, 6) is 0. The molecule has 0 atom stereocenters. The van der Waals surface area contributed by atoms with Crippen LogP contribution in [-0.4, -0.2) is 29.6 Å². The molecule has 0 amide bonds. The van der Waals surface area contributed by atoms with Gasteiger partial charge in [-0.15, -0.1) is 14.1 Å². The number of aliphatic hydroxyl groups is 1. The predicted octanol–water partition coefficient (Wildman–Crippen LogP) is 3.49. The second kappa shape index (κ2) is 6.26. The standard InChI is InChI=1S/C14H21ClN2O2Si/c1-20(2,3)5-4-19-10-17-8-11-6-13(15)7-12(9-18)14(11)16-17/h6-8,18H,4-5,9-10H2,1-3H3/q-1. The van der Waals surface area contributed by atoms with Crippen LogP contribution in [0.4, 0.5) is 0 Å². The summed E-state index contributed by atoms with van der Waals surface area (Å²) in [7, 11) is -1.05. The average molecular weight is 313 g/mol. The van der Waals surface area contributed by atoms with E-state index in [9.17, 15) is 5.11 Å². The second-order valence-corrected chi connectivity index (χ2v) is 12.2. The maximum Gasteiger partial charge on any atom is 0.139 e. The quantitative estimate of drug-likeness (QED) is 0.656. The summed E-state index contributed by atoms with van der Waals surface area (Å²) in [6.45, 7) is 8.11. The van der Waals surface area contributed by atoms with Crippen molar-refractivity contribution in [3.05, 3.63) is 28.9 Å². The summed E-state index contributed by atoms with van der Waals surface area (Å²) >= 11 is 6.01. The van der Waals surface area contributed by atoms with Gasteiger partial charge in [0.05, 0.1) is 12.1 Å². The molecule has 2 rings (SSSR count). The summed E-state index contributed by atoms with van der Waals surface area (Å²) in [5, 5.41) is 15.3. The number of ether oxygens (including phenoxy) is 1. The van der Waals surface area contributed by atoms with Crippen LogP contribution in [0.25, 0.3) is 10.9 Å². The van der Waals surface area contributed by atoms with Crippen LogP contribution in [0, 0.1) is 0 Å². The molecule has 0 saturated heterocycles. The molecule has 0 aliphatic rings. The molecule has 1 heterocycles. The molecule has 1 N–H and O–H groups in total. The molecule has 0 radical (unpaired) electrons. The first-order valence-electron chi connectivity index (χ1n) is 6.73. The first-order valence-corrected chi connectivity index (χ1v) is 10.8. The lowest BCUT2D eigenvalue weighted by molar-refractivity contribution is 0.0790. The first-order chi connectivity index (χ1) is 9.39. The van der Waals surface area contributed by atoms with Gasteiger partial charge in [0, 0.05) is 28.8 Å². The van der Waals surface area contributed by atoms with E-state index >= 15 is 0 Å². The second-order valence-electron chi connectivity index (χ2n) is 6.18. The van der Waals surface area contributed by atoms with Crippen LogP contribution in [0.1, 0.15) is 5.56 Å². The van der Waals surface area contributed by atoms with Crippen molar-refractivity contribution in [3.63, 3.8) is 0 Å². The number of rotatable bonds is 6. The van der Waals surface area contributed by atoms with Crippen LogP contribution in [0.2, 0.25) is 30.7 Å². The first kappa shape index (κ1) is 15.5. The lowest BCUT2D eigenvalue weighted by atomic mass is 10.1. The lowest BCUT2D eigenvalue weighted by Crippen LogP contribution is -2.22. The van der Waals surface area contributed by atoms with Crippen molar-refractivity contribution in [2.24, 2.45) is 0 Å². The van der Waals surface area contributed by atoms with Crippen LogP contribution in [-0.2, 0) is 18.1 Å². The molecule has 0 aliphatic carbocycles. The van der Waals surface area contributed by atoms with E-state index in [2.05, 4.69) is 24.7 Å². The van der Waals surface area contributed by atoms with Gasteiger partial charge in [-0.25, -0.2) is 4.68 Å². The van der Waals surface area contributed by atoms with Gasteiger partial charge in [0.2, 0.25) is 0 Å². The number of aliphatic hydroxyl groups excluding tert-OH is 1. The summed E-state index contributed by atoms with van der Waals surface area (Å²) in [4.78, 5) is 0. The Hall–Kier alpha value is -0.883. The largest absolute Gasteiger partial charge is 0.392 e. The molecule has 0 spiro atoms. The van der Waals surface area contributed by atoms with Crippen LogP contribution < -0.4 is 0 Å². The highest BCUT2D eigenvalue weighted by Gasteiger charge is 2.08. The van der Waals surface area contributed by atoms with Crippen molar-refractivity contribution in [1.29, 1.82) is 0 Å². The highest BCUT2D eigenvalue weighted by atomic mass is 35.5. The number of nitrogens with zero attached hydrogens (tertiary/aromatic N) is 2. The topological polar surface area (TPSA) is 47.3 Å². The lowest BCUT2D eigenvalue weighted by Gasteiger charge is -2.26. The maximum atomic E-state index is 9.34. The minimum atomic E-state index is -1.05. The molecule has 0 unspecified atom stereocenters. The smallest absolute Gasteiger partial charge is 0.139 e. The van der Waals surface area contributed by atoms with Crippen molar-refractivity contribution >= 4 is 30.6 Å². The third-order valence-corrected chi connectivity index (χ3v) is 5.01. The van der Waals surface area contributed by atoms with E-state index in [-0.39, 0.29) is 6.61 Å². The Balaban J connectivity index is 2.05. The molecule has 2 aromatic rings. The van der Waals surface area contributed by atoms with Gasteiger partial charge in [-0.1, -0.05) is 11.6 Å². The Morgan fingerprint density at radius 2 is 2.10 bits per heavy atom. The molecule has 0 saturated carbocycles. The fourth-order valence-corrected chi connectivity index (χ4v) is 2.95. The van der Waals surface area contributed by atoms with Gasteiger partial charge in [0.1, 0.15) is 6.73 Å². The Bertz CT molecular complexity index is 593. The highest BCUT2D eigenvalue weighted by molar-refractivity contribution is 6.76. The zero-order valence-corrected chi connectivity index (χ0v) is 13.9. The van der Waals surface area contributed by atoms with Gasteiger partial charge in [0.15, 0.2) is 0 Å². The van der Waals surface area contributed by atoms with E-state index in [1.54, 1.807) is 10.7 Å². The number of halogens is 1. The Morgan fingerprint density at radius 1 is 1.35 bits per heavy atom. The number of fused-ring (bicyclic) bond motifs is 1. The molecule has 1 aromatic heterocycles. The Labute approximate surface area is 125 Å². The van der Waals surface area contributed by atoms with Crippen molar-refractivity contribution < 1.29 is 9.84 Å². The van der Waals surface area contributed by atoms with E-state index in [1.165, 1.54) is 0 Å². The average Bonchev–Trinajstić information content (AvgIpc) is 2.75. The fraction of sp³-hybridized carbons (Fsp3) is 0.500. The molecule has 6 heteroatoms. The van der Waals surface area contributed by atoms with Crippen molar-refractivity contribution in [3.8, 4) is 0 Å². The summed E-state index contributed by atoms with van der Waals surface area (Å²) in [6, 6.07) is 4.73. The van der Waals surface area contributed by atoms with Crippen LogP contribution in [0.5, 0.6) is 0 Å². The Kier molecular flexibility index (Phi) is 4.85. The number of hydrogen-bond donors (Lipinski definition) is 1. The van der Waals surface area contributed by atoms with Crippen molar-refractivity contribution in [2.75, 3.05) is 6.61 Å². The molecule has 111 valence electrons. The summed E-state index contributed by atoms with van der Waals surface area (Å²) < 4.78 is 7.42. The van der Waals surface area contributed by atoms with Crippen molar-refractivity contribution in [1.82, 2.24) is 9.78 Å². The predicted molar refractivity (Wildman–Crippen MR) is 84.8 cm³/mol. The number of benzene rings is 1. The number of hydrogen-bond acceptors (Lipinski definition) is 3. The molecule has 0 bridgehead atoms. The number of aromatic nitrogens is 2. The van der Waals surface area contributed by atoms with Gasteiger partial charge < -0.3 is 9.84 Å². The van der Waals surface area contributed by atoms with E-state index in [0.717, 1.165) is 29.1 Å². The third kappa shape index (κ3) is 4.05. The van der Waals surface area contributed by atoms with Crippen LogP contribution in [0.3, 0.4) is 0 Å². The molecule has 0 fully saturated rings. The molecule has 20 heavy (non-hydrogen) atoms. The van der Waals surface area contributed by atoms with E-state index in [0.29, 0.717) is 11.8 Å². The molecule has 4 nitrogen and oxygen atoms in total. The third-order valence-electron chi connectivity index (χ3n) is 3.09. The van der Waals surface area contributed by atoms with Gasteiger partial charge in [-0.05, 0) is 12.1 Å². The van der Waals surface area contributed by atoms with E-state index < -0.39 is 8.07 Å². The van der Waals surface area contributed by atoms with Gasteiger partial charge >= 0.3 is 0 Å². The van der Waals surface area contributed by atoms with E-state index in [4.69, 9.17) is 16.3 Å². The Morgan fingerprint density at radius 3 is 2.75 bits per heavy atom. The zero-order chi connectivity index (χ0) is 14.8. The van der Waals surface area contributed by atoms with Crippen molar-refractivity contribution in [2.45, 2.75) is 39.0 Å². The maximum absolute atomic E-state index is 9.34. The summed E-state index contributed by atoms with van der Waals surface area (Å²) in [5.41, 5.74) is 1.53. The zero-order valence-electron chi connectivity index (χ0n) is 12.2. The van der Waals surface area contributed by atoms with Crippen LogP contribution in [0.15, 0.2) is 18.3 Å². The highest BCUT2D eigenvalue weighted by Crippen LogP contribution is 2.23. The monoisotopic (exact) mass is 312 g/mol. The molecule has 1 aromatic carbocycles. The minimum absolute atomic E-state index is 0.0649. The minimum Gasteiger partial charge on any atom is -0.392 e. The summed E-state index contributed by atoms with van der Waals surface area (Å²) in [6.07, 6.45) is 1.90. The molecular weight excluding hydrogens is 292 g/mol.